The maximum atomic E-state index is 13.6. The van der Waals surface area contributed by atoms with Crippen LogP contribution in [-0.4, -0.2) is 5.78 Å². The lowest BCUT2D eigenvalue weighted by atomic mass is 10.1. The summed E-state index contributed by atoms with van der Waals surface area (Å²) in [6, 6.07) is 11.1. The highest BCUT2D eigenvalue weighted by molar-refractivity contribution is 6.31. The Morgan fingerprint density at radius 1 is 1.20 bits per heavy atom. The van der Waals surface area contributed by atoms with Crippen LogP contribution in [-0.2, 0) is 0 Å². The second-order valence-corrected chi connectivity index (χ2v) is 4.97. The Balaban J connectivity index is 2.08. The second-order valence-electron chi connectivity index (χ2n) is 4.56. The fourth-order valence-electron chi connectivity index (χ4n) is 2.02. The molecule has 0 saturated carbocycles. The summed E-state index contributed by atoms with van der Waals surface area (Å²) >= 11 is 6.01. The van der Waals surface area contributed by atoms with E-state index in [4.69, 9.17) is 16.0 Å². The third-order valence-corrected chi connectivity index (χ3v) is 3.56. The van der Waals surface area contributed by atoms with Gasteiger partial charge in [0.2, 0.25) is 5.78 Å². The van der Waals surface area contributed by atoms with Gasteiger partial charge in [-0.2, -0.15) is 0 Å². The average Bonchev–Trinajstić information content (AvgIpc) is 2.86. The molecule has 0 N–H and O–H groups in total. The van der Waals surface area contributed by atoms with Crippen LogP contribution in [0.1, 0.15) is 21.7 Å². The van der Waals surface area contributed by atoms with E-state index < -0.39 is 5.82 Å². The summed E-state index contributed by atoms with van der Waals surface area (Å²) in [7, 11) is 0. The number of para-hydroxylation sites is 1. The molecule has 100 valence electrons. The molecule has 0 saturated heterocycles. The van der Waals surface area contributed by atoms with Gasteiger partial charge in [-0.05, 0) is 30.7 Å². The minimum atomic E-state index is -0.483. The van der Waals surface area contributed by atoms with Crippen molar-refractivity contribution in [3.05, 3.63) is 70.2 Å². The number of benzene rings is 2. The van der Waals surface area contributed by atoms with Crippen molar-refractivity contribution < 1.29 is 13.6 Å². The normalized spacial score (nSPS) is 10.9. The maximum absolute atomic E-state index is 13.6. The number of carbonyl (C=O) groups is 1. The van der Waals surface area contributed by atoms with Crippen LogP contribution < -0.4 is 0 Å². The van der Waals surface area contributed by atoms with Crippen LogP contribution >= 0.6 is 11.6 Å². The highest BCUT2D eigenvalue weighted by Gasteiger charge is 2.16. The summed E-state index contributed by atoms with van der Waals surface area (Å²) in [4.78, 5) is 12.3. The van der Waals surface area contributed by atoms with E-state index >= 15 is 0 Å². The van der Waals surface area contributed by atoms with Gasteiger partial charge < -0.3 is 4.42 Å². The standard InChI is InChI=1S/C16H10ClFO2/c1-9-5-6-10(7-12(9)17)15(19)14-8-11-3-2-4-13(18)16(11)20-14/h2-8H,1H3. The van der Waals surface area contributed by atoms with E-state index in [2.05, 4.69) is 0 Å². The summed E-state index contributed by atoms with van der Waals surface area (Å²) in [6.45, 7) is 1.85. The highest BCUT2D eigenvalue weighted by Crippen LogP contribution is 2.25. The first kappa shape index (κ1) is 12.9. The molecule has 0 aliphatic carbocycles. The van der Waals surface area contributed by atoms with Crippen LogP contribution in [0.3, 0.4) is 0 Å². The first-order valence-electron chi connectivity index (χ1n) is 6.05. The lowest BCUT2D eigenvalue weighted by Gasteiger charge is -2.01. The van der Waals surface area contributed by atoms with E-state index in [0.29, 0.717) is 16.0 Å². The predicted octanol–water partition coefficient (Wildman–Crippen LogP) is 4.76. The van der Waals surface area contributed by atoms with Gasteiger partial charge in [0.15, 0.2) is 17.2 Å². The van der Waals surface area contributed by atoms with E-state index in [1.165, 1.54) is 12.1 Å². The van der Waals surface area contributed by atoms with Crippen molar-refractivity contribution in [2.75, 3.05) is 0 Å². The summed E-state index contributed by atoms with van der Waals surface area (Å²) in [5.41, 5.74) is 1.40. The molecule has 0 spiro atoms. The molecule has 20 heavy (non-hydrogen) atoms. The minimum Gasteiger partial charge on any atom is -0.449 e. The van der Waals surface area contributed by atoms with E-state index in [-0.39, 0.29) is 17.1 Å². The lowest BCUT2D eigenvalue weighted by molar-refractivity contribution is 0.101. The molecule has 4 heteroatoms. The third-order valence-electron chi connectivity index (χ3n) is 3.15. The second kappa shape index (κ2) is 4.76. The number of hydrogen-bond donors (Lipinski definition) is 0. The van der Waals surface area contributed by atoms with Crippen LogP contribution in [0, 0.1) is 12.7 Å². The van der Waals surface area contributed by atoms with Crippen LogP contribution in [0.2, 0.25) is 5.02 Å². The van der Waals surface area contributed by atoms with Gasteiger partial charge in [0.05, 0.1) is 0 Å². The molecule has 0 atom stereocenters. The summed E-state index contributed by atoms with van der Waals surface area (Å²) in [6.07, 6.45) is 0. The zero-order valence-electron chi connectivity index (χ0n) is 10.6. The van der Waals surface area contributed by atoms with Crippen molar-refractivity contribution >= 4 is 28.4 Å². The highest BCUT2D eigenvalue weighted by atomic mass is 35.5. The molecule has 0 fully saturated rings. The van der Waals surface area contributed by atoms with Gasteiger partial charge in [0.25, 0.3) is 0 Å². The topological polar surface area (TPSA) is 30.2 Å². The zero-order valence-corrected chi connectivity index (χ0v) is 11.4. The molecular weight excluding hydrogens is 279 g/mol. The summed E-state index contributed by atoms with van der Waals surface area (Å²) in [5, 5.41) is 1.07. The average molecular weight is 289 g/mol. The van der Waals surface area contributed by atoms with Gasteiger partial charge in [0.1, 0.15) is 0 Å². The van der Waals surface area contributed by atoms with E-state index in [9.17, 15) is 9.18 Å². The Morgan fingerprint density at radius 2 is 2.00 bits per heavy atom. The quantitative estimate of drug-likeness (QED) is 0.636. The molecule has 0 radical (unpaired) electrons. The Labute approximate surface area is 119 Å². The lowest BCUT2D eigenvalue weighted by Crippen LogP contribution is -1.99. The number of furan rings is 1. The molecule has 3 aromatic rings. The first-order valence-corrected chi connectivity index (χ1v) is 6.43. The number of rotatable bonds is 2. The molecule has 0 amide bonds. The van der Waals surface area contributed by atoms with Crippen LogP contribution in [0.25, 0.3) is 11.0 Å². The smallest absolute Gasteiger partial charge is 0.228 e. The van der Waals surface area contributed by atoms with Gasteiger partial charge in [-0.15, -0.1) is 0 Å². The maximum Gasteiger partial charge on any atom is 0.228 e. The van der Waals surface area contributed by atoms with Crippen molar-refractivity contribution in [3.63, 3.8) is 0 Å². The van der Waals surface area contributed by atoms with Gasteiger partial charge in [0, 0.05) is 16.0 Å². The van der Waals surface area contributed by atoms with Crippen LogP contribution in [0.15, 0.2) is 46.9 Å². The van der Waals surface area contributed by atoms with Gasteiger partial charge >= 0.3 is 0 Å². The first-order chi connectivity index (χ1) is 9.56. The van der Waals surface area contributed by atoms with Gasteiger partial charge in [-0.1, -0.05) is 35.9 Å². The fourth-order valence-corrected chi connectivity index (χ4v) is 2.20. The fraction of sp³-hybridized carbons (Fsp3) is 0.0625. The molecule has 0 aliphatic rings. The Kier molecular flexibility index (Phi) is 3.07. The number of carbonyl (C=O) groups excluding carboxylic acids is 1. The number of aryl methyl sites for hydroxylation is 1. The summed E-state index contributed by atoms with van der Waals surface area (Å²) in [5.74, 6) is -0.698. The SMILES string of the molecule is Cc1ccc(C(=O)c2cc3cccc(F)c3o2)cc1Cl. The van der Waals surface area contributed by atoms with Crippen LogP contribution in [0.5, 0.6) is 0 Å². The van der Waals surface area contributed by atoms with E-state index in [1.807, 2.05) is 6.92 Å². The predicted molar refractivity (Wildman–Crippen MR) is 75.8 cm³/mol. The van der Waals surface area contributed by atoms with Crippen molar-refractivity contribution in [1.82, 2.24) is 0 Å². The Hall–Kier alpha value is -2.13. The number of hydrogen-bond acceptors (Lipinski definition) is 2. The van der Waals surface area contributed by atoms with E-state index in [1.54, 1.807) is 30.3 Å². The molecule has 0 aliphatic heterocycles. The molecule has 0 unspecified atom stereocenters. The number of ketones is 1. The van der Waals surface area contributed by atoms with E-state index in [0.717, 1.165) is 5.56 Å². The molecule has 1 heterocycles. The van der Waals surface area contributed by atoms with Crippen molar-refractivity contribution in [3.8, 4) is 0 Å². The monoisotopic (exact) mass is 288 g/mol. The Bertz CT molecular complexity index is 820. The summed E-state index contributed by atoms with van der Waals surface area (Å²) < 4.78 is 18.9. The molecule has 2 nitrogen and oxygen atoms in total. The zero-order chi connectivity index (χ0) is 14.3. The van der Waals surface area contributed by atoms with Gasteiger partial charge in [-0.25, -0.2) is 4.39 Å². The number of halogens is 2. The van der Waals surface area contributed by atoms with Crippen molar-refractivity contribution in [2.24, 2.45) is 0 Å². The van der Waals surface area contributed by atoms with Crippen LogP contribution in [0.4, 0.5) is 4.39 Å². The molecule has 2 aromatic carbocycles. The minimum absolute atomic E-state index is 0.0917. The largest absolute Gasteiger partial charge is 0.449 e. The number of fused-ring (bicyclic) bond motifs is 1. The van der Waals surface area contributed by atoms with Crippen molar-refractivity contribution in [1.29, 1.82) is 0 Å². The molecule has 0 bridgehead atoms. The molecule has 1 aromatic heterocycles. The Morgan fingerprint density at radius 3 is 2.70 bits per heavy atom. The third kappa shape index (κ3) is 2.10. The molecule has 3 rings (SSSR count). The van der Waals surface area contributed by atoms with Gasteiger partial charge in [-0.3, -0.25) is 4.79 Å². The van der Waals surface area contributed by atoms with Crippen molar-refractivity contribution in [2.45, 2.75) is 6.92 Å². The molecular formula is C16H10ClFO2.